The van der Waals surface area contributed by atoms with Crippen LogP contribution in [0, 0.1) is 13.8 Å². The second kappa shape index (κ2) is 8.05. The molecule has 140 valence electrons. The fourth-order valence-corrected chi connectivity index (χ4v) is 4.18. The van der Waals surface area contributed by atoms with Crippen LogP contribution in [0.25, 0.3) is 0 Å². The minimum atomic E-state index is -0.989. The highest BCUT2D eigenvalue weighted by Gasteiger charge is 2.30. The smallest absolute Gasteiger partial charge is 0.323 e. The number of aliphatic carboxylic acids is 1. The predicted octanol–water partition coefficient (Wildman–Crippen LogP) is 2.92. The molecule has 0 unspecified atom stereocenters. The van der Waals surface area contributed by atoms with Crippen LogP contribution in [0.15, 0.2) is 23.6 Å². The van der Waals surface area contributed by atoms with Crippen LogP contribution >= 0.6 is 11.3 Å². The van der Waals surface area contributed by atoms with Gasteiger partial charge < -0.3 is 19.3 Å². The summed E-state index contributed by atoms with van der Waals surface area (Å²) in [5.74, 6) is -1.19. The lowest BCUT2D eigenvalue weighted by Gasteiger charge is -2.33. The molecule has 7 heteroatoms. The highest BCUT2D eigenvalue weighted by molar-refractivity contribution is 7.09. The van der Waals surface area contributed by atoms with Crippen molar-refractivity contribution in [2.24, 2.45) is 0 Å². The zero-order chi connectivity index (χ0) is 18.7. The highest BCUT2D eigenvalue weighted by atomic mass is 32.1. The van der Waals surface area contributed by atoms with Crippen molar-refractivity contribution < 1.29 is 19.4 Å². The Morgan fingerprint density at radius 3 is 2.69 bits per heavy atom. The standard InChI is InChI=1S/C19H24N2O4S/c1-13-10-17(14(2)20(13)11-16-4-3-9-26-16)19(24)21(12-18(22)23)15-5-7-25-8-6-15/h3-4,9-10,15H,5-8,11-12H2,1-2H3,(H,22,23). The SMILES string of the molecule is Cc1cc(C(=O)N(CC(=O)O)C2CCOCC2)c(C)n1Cc1cccs1. The van der Waals surface area contributed by atoms with E-state index in [4.69, 9.17) is 4.74 Å². The van der Waals surface area contributed by atoms with Gasteiger partial charge in [-0.25, -0.2) is 0 Å². The molecule has 0 spiro atoms. The van der Waals surface area contributed by atoms with Crippen molar-refractivity contribution in [2.45, 2.75) is 39.3 Å². The molecule has 1 amide bonds. The fourth-order valence-electron chi connectivity index (χ4n) is 3.48. The minimum absolute atomic E-state index is 0.0901. The van der Waals surface area contributed by atoms with Gasteiger partial charge in [0.05, 0.1) is 12.1 Å². The molecule has 0 saturated carbocycles. The Kier molecular flexibility index (Phi) is 5.78. The molecule has 2 aromatic heterocycles. The van der Waals surface area contributed by atoms with Gasteiger partial charge in [0.1, 0.15) is 6.54 Å². The van der Waals surface area contributed by atoms with E-state index in [0.717, 1.165) is 17.9 Å². The summed E-state index contributed by atoms with van der Waals surface area (Å²) in [6.07, 6.45) is 1.35. The van der Waals surface area contributed by atoms with Crippen molar-refractivity contribution in [3.63, 3.8) is 0 Å². The van der Waals surface area contributed by atoms with Crippen molar-refractivity contribution >= 4 is 23.2 Å². The molecular formula is C19H24N2O4S. The van der Waals surface area contributed by atoms with Crippen LogP contribution in [0.4, 0.5) is 0 Å². The molecule has 0 aliphatic carbocycles. The van der Waals surface area contributed by atoms with Crippen molar-refractivity contribution in [1.29, 1.82) is 0 Å². The topological polar surface area (TPSA) is 71.8 Å². The molecule has 2 aromatic rings. The van der Waals surface area contributed by atoms with Crippen LogP contribution in [0.5, 0.6) is 0 Å². The summed E-state index contributed by atoms with van der Waals surface area (Å²) in [7, 11) is 0. The van der Waals surface area contributed by atoms with E-state index in [1.54, 1.807) is 11.3 Å². The number of nitrogens with zero attached hydrogens (tertiary/aromatic N) is 2. The van der Waals surface area contributed by atoms with E-state index in [9.17, 15) is 14.7 Å². The number of thiophene rings is 1. The first-order chi connectivity index (χ1) is 12.5. The lowest BCUT2D eigenvalue weighted by molar-refractivity contribution is -0.138. The van der Waals surface area contributed by atoms with Crippen molar-refractivity contribution in [2.75, 3.05) is 19.8 Å². The van der Waals surface area contributed by atoms with Gasteiger partial charge in [-0.3, -0.25) is 9.59 Å². The van der Waals surface area contributed by atoms with E-state index in [0.29, 0.717) is 31.6 Å². The molecule has 0 aromatic carbocycles. The van der Waals surface area contributed by atoms with Crippen LogP contribution < -0.4 is 0 Å². The number of carbonyl (C=O) groups excluding carboxylic acids is 1. The number of aryl methyl sites for hydroxylation is 1. The number of aromatic nitrogens is 1. The number of rotatable bonds is 6. The first kappa shape index (κ1) is 18.7. The monoisotopic (exact) mass is 376 g/mol. The third-order valence-electron chi connectivity index (χ3n) is 4.90. The second-order valence-electron chi connectivity index (χ2n) is 6.62. The van der Waals surface area contributed by atoms with Crippen molar-refractivity contribution in [1.82, 2.24) is 9.47 Å². The summed E-state index contributed by atoms with van der Waals surface area (Å²) >= 11 is 1.68. The van der Waals surface area contributed by atoms with Gasteiger partial charge in [0.25, 0.3) is 5.91 Å². The van der Waals surface area contributed by atoms with Gasteiger partial charge in [0.2, 0.25) is 0 Å². The summed E-state index contributed by atoms with van der Waals surface area (Å²) in [6.45, 7) is 5.47. The molecule has 3 heterocycles. The molecule has 0 radical (unpaired) electrons. The van der Waals surface area contributed by atoms with Crippen molar-refractivity contribution in [3.8, 4) is 0 Å². The summed E-state index contributed by atoms with van der Waals surface area (Å²) in [6, 6.07) is 5.87. The molecule has 1 aliphatic rings. The van der Waals surface area contributed by atoms with Gasteiger partial charge in [-0.2, -0.15) is 0 Å². The lowest BCUT2D eigenvalue weighted by atomic mass is 10.1. The number of amides is 1. The van der Waals surface area contributed by atoms with Gasteiger partial charge in [-0.05, 0) is 44.2 Å². The Bertz CT molecular complexity index is 776. The van der Waals surface area contributed by atoms with E-state index in [-0.39, 0.29) is 18.5 Å². The molecule has 1 N–H and O–H groups in total. The minimum Gasteiger partial charge on any atom is -0.480 e. The Morgan fingerprint density at radius 2 is 2.08 bits per heavy atom. The quantitative estimate of drug-likeness (QED) is 0.841. The summed E-state index contributed by atoms with van der Waals surface area (Å²) in [5.41, 5.74) is 2.47. The Balaban J connectivity index is 1.87. The van der Waals surface area contributed by atoms with Crippen molar-refractivity contribution in [3.05, 3.63) is 45.4 Å². The van der Waals surface area contributed by atoms with Gasteiger partial charge in [-0.15, -0.1) is 11.3 Å². The molecule has 6 nitrogen and oxygen atoms in total. The van der Waals surface area contributed by atoms with E-state index < -0.39 is 5.97 Å². The molecule has 1 saturated heterocycles. The number of carboxylic acids is 1. The Morgan fingerprint density at radius 1 is 1.35 bits per heavy atom. The molecule has 26 heavy (non-hydrogen) atoms. The normalized spacial score (nSPS) is 15.2. The van der Waals surface area contributed by atoms with Crippen LogP contribution in [-0.2, 0) is 16.1 Å². The number of hydrogen-bond acceptors (Lipinski definition) is 4. The van der Waals surface area contributed by atoms with Crippen LogP contribution in [0.3, 0.4) is 0 Å². The molecule has 0 atom stereocenters. The van der Waals surface area contributed by atoms with Gasteiger partial charge in [0.15, 0.2) is 0 Å². The maximum Gasteiger partial charge on any atom is 0.323 e. The molecule has 3 rings (SSSR count). The Labute approximate surface area is 157 Å². The van der Waals surface area contributed by atoms with Crippen LogP contribution in [-0.4, -0.2) is 52.3 Å². The molecule has 1 fully saturated rings. The van der Waals surface area contributed by atoms with Crippen LogP contribution in [0.1, 0.15) is 39.5 Å². The maximum atomic E-state index is 13.2. The third kappa shape index (κ3) is 3.99. The van der Waals surface area contributed by atoms with E-state index in [1.807, 2.05) is 31.4 Å². The summed E-state index contributed by atoms with van der Waals surface area (Å²) < 4.78 is 7.47. The number of carbonyl (C=O) groups is 2. The first-order valence-corrected chi connectivity index (χ1v) is 9.65. The van der Waals surface area contributed by atoms with E-state index >= 15 is 0 Å². The number of carboxylic acid groups (broad SMARTS) is 1. The van der Waals surface area contributed by atoms with E-state index in [1.165, 1.54) is 9.78 Å². The first-order valence-electron chi connectivity index (χ1n) is 8.77. The average Bonchev–Trinajstić information content (AvgIpc) is 3.23. The van der Waals surface area contributed by atoms with Gasteiger partial charge in [-0.1, -0.05) is 6.07 Å². The lowest BCUT2D eigenvalue weighted by Crippen LogP contribution is -2.46. The fraction of sp³-hybridized carbons (Fsp3) is 0.474. The zero-order valence-corrected chi connectivity index (χ0v) is 15.9. The zero-order valence-electron chi connectivity index (χ0n) is 15.1. The molecule has 0 bridgehead atoms. The largest absolute Gasteiger partial charge is 0.480 e. The van der Waals surface area contributed by atoms with Gasteiger partial charge in [0, 0.05) is 35.5 Å². The number of hydrogen-bond donors (Lipinski definition) is 1. The van der Waals surface area contributed by atoms with Gasteiger partial charge >= 0.3 is 5.97 Å². The molecular weight excluding hydrogens is 352 g/mol. The van der Waals surface area contributed by atoms with Crippen LogP contribution in [0.2, 0.25) is 0 Å². The average molecular weight is 376 g/mol. The van der Waals surface area contributed by atoms with E-state index in [2.05, 4.69) is 10.6 Å². The number of ether oxygens (including phenoxy) is 1. The Hall–Kier alpha value is -2.12. The second-order valence-corrected chi connectivity index (χ2v) is 7.65. The maximum absolute atomic E-state index is 13.2. The summed E-state index contributed by atoms with van der Waals surface area (Å²) in [4.78, 5) is 27.2. The predicted molar refractivity (Wildman–Crippen MR) is 99.8 cm³/mol. The summed E-state index contributed by atoms with van der Waals surface area (Å²) in [5, 5.41) is 11.3. The highest BCUT2D eigenvalue weighted by Crippen LogP contribution is 2.23. The third-order valence-corrected chi connectivity index (χ3v) is 5.76. The molecule has 1 aliphatic heterocycles.